The average molecular weight is 527 g/mol. The molecule has 1 saturated heterocycles. The van der Waals surface area contributed by atoms with E-state index in [9.17, 15) is 30.0 Å². The van der Waals surface area contributed by atoms with Gasteiger partial charge in [-0.3, -0.25) is 15.0 Å². The van der Waals surface area contributed by atoms with Crippen LogP contribution in [0.25, 0.3) is 0 Å². The first-order chi connectivity index (χ1) is 17.9. The largest absolute Gasteiger partial charge is 0.507 e. The molecule has 0 amide bonds. The summed E-state index contributed by atoms with van der Waals surface area (Å²) in [5.74, 6) is -2.01. The summed E-state index contributed by atoms with van der Waals surface area (Å²) >= 11 is 0. The van der Waals surface area contributed by atoms with E-state index in [0.29, 0.717) is 0 Å². The van der Waals surface area contributed by atoms with Crippen LogP contribution in [0.2, 0.25) is 0 Å². The van der Waals surface area contributed by atoms with E-state index in [0.717, 1.165) is 0 Å². The monoisotopic (exact) mass is 526 g/mol. The van der Waals surface area contributed by atoms with E-state index in [1.165, 1.54) is 20.1 Å². The SMILES string of the molecule is COc1cccc2c1C(=N)c1c(O)c3c(c(O)c1C2=O)C[C@](O)(C(C)=O)C[C@@H]3O[C@@H]1C[C@H](N)[C@@H](O)[C@H](C)O1. The maximum absolute atomic E-state index is 13.5. The minimum absolute atomic E-state index is 0.0316. The number of ether oxygens (including phenoxy) is 3. The van der Waals surface area contributed by atoms with Gasteiger partial charge in [-0.25, -0.2) is 0 Å². The third kappa shape index (κ3) is 3.81. The van der Waals surface area contributed by atoms with Crippen molar-refractivity contribution in [3.8, 4) is 17.2 Å². The predicted molar refractivity (Wildman–Crippen MR) is 133 cm³/mol. The number of benzene rings is 2. The highest BCUT2D eigenvalue weighted by atomic mass is 16.7. The summed E-state index contributed by atoms with van der Waals surface area (Å²) in [5.41, 5.74) is 3.62. The van der Waals surface area contributed by atoms with Gasteiger partial charge in [0.2, 0.25) is 0 Å². The number of Topliss-reactive ketones (excluding diaryl/α,β-unsaturated/α-hetero) is 1. The summed E-state index contributed by atoms with van der Waals surface area (Å²) < 4.78 is 17.2. The number of nitrogens with two attached hydrogens (primary N) is 1. The van der Waals surface area contributed by atoms with E-state index in [1.54, 1.807) is 19.1 Å². The van der Waals surface area contributed by atoms with Gasteiger partial charge in [0.1, 0.15) is 22.8 Å². The van der Waals surface area contributed by atoms with Crippen LogP contribution in [-0.2, 0) is 20.7 Å². The van der Waals surface area contributed by atoms with Crippen LogP contribution in [0, 0.1) is 5.41 Å². The van der Waals surface area contributed by atoms with Gasteiger partial charge in [0.05, 0.1) is 47.8 Å². The van der Waals surface area contributed by atoms with E-state index in [-0.39, 0.29) is 64.1 Å². The molecule has 2 aliphatic carbocycles. The number of carbonyl (C=O) groups excluding carboxylic acids is 2. The Hall–Kier alpha value is -3.35. The molecule has 0 saturated carbocycles. The third-order valence-corrected chi connectivity index (χ3v) is 7.84. The van der Waals surface area contributed by atoms with Gasteiger partial charge in [-0.2, -0.15) is 0 Å². The van der Waals surface area contributed by atoms with Crippen LogP contribution in [0.5, 0.6) is 17.2 Å². The first-order valence-electron chi connectivity index (χ1n) is 12.3. The number of carbonyl (C=O) groups is 2. The highest BCUT2D eigenvalue weighted by molar-refractivity contribution is 6.32. The number of nitrogens with one attached hydrogen (secondary N) is 1. The zero-order chi connectivity index (χ0) is 27.7. The van der Waals surface area contributed by atoms with Crippen molar-refractivity contribution in [2.45, 2.75) is 69.4 Å². The van der Waals surface area contributed by atoms with Gasteiger partial charge < -0.3 is 40.4 Å². The number of aliphatic hydroxyl groups is 2. The van der Waals surface area contributed by atoms with Crippen LogP contribution in [0.3, 0.4) is 0 Å². The lowest BCUT2D eigenvalue weighted by molar-refractivity contribution is -0.247. The van der Waals surface area contributed by atoms with Crippen molar-refractivity contribution in [2.75, 3.05) is 7.11 Å². The fraction of sp³-hybridized carbons (Fsp3) is 0.444. The highest BCUT2D eigenvalue weighted by Gasteiger charge is 2.49. The standard InChI is InChI=1S/C27H30N2O9/c1-10-23(31)14(28)7-17(37-10)38-16-9-27(35,11(2)30)8-13-19(16)26(34)20-21(25(13)33)24(32)12-5-4-6-15(36-3)18(12)22(20)29/h4-6,10,14,16-17,23,29,31,33-35H,7-9,28H2,1-3H3/t10-,14-,16-,17+,23-,27+/m0/s1. The van der Waals surface area contributed by atoms with Gasteiger partial charge in [-0.05, 0) is 19.9 Å². The van der Waals surface area contributed by atoms with E-state index in [2.05, 4.69) is 0 Å². The molecule has 0 bridgehead atoms. The maximum atomic E-state index is 13.5. The van der Waals surface area contributed by atoms with Crippen molar-refractivity contribution >= 4 is 17.3 Å². The Bertz CT molecular complexity index is 1360. The number of fused-ring (bicyclic) bond motifs is 3. The molecule has 1 aliphatic heterocycles. The summed E-state index contributed by atoms with van der Waals surface area (Å²) in [6.45, 7) is 2.82. The molecule has 3 aliphatic rings. The molecule has 6 atom stereocenters. The van der Waals surface area contributed by atoms with Crippen molar-refractivity contribution in [3.05, 3.63) is 51.6 Å². The Labute approximate surface area is 218 Å². The van der Waals surface area contributed by atoms with Crippen molar-refractivity contribution in [3.63, 3.8) is 0 Å². The van der Waals surface area contributed by atoms with E-state index in [1.807, 2.05) is 0 Å². The van der Waals surface area contributed by atoms with Gasteiger partial charge in [0, 0.05) is 42.0 Å². The van der Waals surface area contributed by atoms with Gasteiger partial charge >= 0.3 is 0 Å². The fourth-order valence-corrected chi connectivity index (χ4v) is 5.70. The van der Waals surface area contributed by atoms with Gasteiger partial charge in [-0.15, -0.1) is 0 Å². The Kier molecular flexibility index (Phi) is 6.32. The highest BCUT2D eigenvalue weighted by Crippen LogP contribution is 2.52. The van der Waals surface area contributed by atoms with Crippen LogP contribution in [-0.4, -0.2) is 75.0 Å². The Morgan fingerprint density at radius 1 is 1.21 bits per heavy atom. The molecule has 5 rings (SSSR count). The van der Waals surface area contributed by atoms with Crippen LogP contribution >= 0.6 is 0 Å². The second-order valence-corrected chi connectivity index (χ2v) is 10.2. The minimum Gasteiger partial charge on any atom is -0.507 e. The molecule has 2 aromatic carbocycles. The Morgan fingerprint density at radius 2 is 1.92 bits per heavy atom. The van der Waals surface area contributed by atoms with Crippen LogP contribution in [0.1, 0.15) is 71.0 Å². The summed E-state index contributed by atoms with van der Waals surface area (Å²) in [5, 5.41) is 53.2. The quantitative estimate of drug-likeness (QED) is 0.269. The second kappa shape index (κ2) is 9.14. The molecule has 11 heteroatoms. The molecular formula is C27H30N2O9. The molecule has 0 spiro atoms. The van der Waals surface area contributed by atoms with Gasteiger partial charge in [-0.1, -0.05) is 12.1 Å². The number of rotatable bonds is 4. The van der Waals surface area contributed by atoms with E-state index >= 15 is 0 Å². The number of phenolic OH excluding ortho intramolecular Hbond substituents is 2. The van der Waals surface area contributed by atoms with E-state index in [4.69, 9.17) is 25.4 Å². The lowest BCUT2D eigenvalue weighted by atomic mass is 9.72. The molecule has 1 fully saturated rings. The number of hydrogen-bond acceptors (Lipinski definition) is 11. The number of aliphatic hydroxyl groups excluding tert-OH is 1. The Balaban J connectivity index is 1.68. The van der Waals surface area contributed by atoms with Gasteiger partial charge in [0.25, 0.3) is 0 Å². The summed E-state index contributed by atoms with van der Waals surface area (Å²) in [6, 6.07) is 3.98. The average Bonchev–Trinajstić information content (AvgIpc) is 2.87. The maximum Gasteiger partial charge on any atom is 0.198 e. The minimum atomic E-state index is -1.97. The van der Waals surface area contributed by atoms with Crippen molar-refractivity contribution in [1.29, 1.82) is 5.41 Å². The van der Waals surface area contributed by atoms with Gasteiger partial charge in [0.15, 0.2) is 17.9 Å². The third-order valence-electron chi connectivity index (χ3n) is 7.84. The second-order valence-electron chi connectivity index (χ2n) is 10.2. The summed E-state index contributed by atoms with van der Waals surface area (Å²) in [6.07, 6.45) is -4.30. The molecule has 7 N–H and O–H groups in total. The molecule has 0 aromatic heterocycles. The molecule has 202 valence electrons. The lowest BCUT2D eigenvalue weighted by Gasteiger charge is -2.42. The zero-order valence-corrected chi connectivity index (χ0v) is 21.1. The number of ketones is 2. The van der Waals surface area contributed by atoms with Crippen LogP contribution in [0.15, 0.2) is 18.2 Å². The van der Waals surface area contributed by atoms with Crippen LogP contribution < -0.4 is 10.5 Å². The molecule has 0 radical (unpaired) electrons. The number of phenols is 2. The topological polar surface area (TPSA) is 193 Å². The Morgan fingerprint density at radius 3 is 2.55 bits per heavy atom. The van der Waals surface area contributed by atoms with Crippen molar-refractivity contribution in [1.82, 2.24) is 0 Å². The zero-order valence-electron chi connectivity index (χ0n) is 21.1. The molecule has 0 unspecified atom stereocenters. The molecular weight excluding hydrogens is 496 g/mol. The first-order valence-corrected chi connectivity index (χ1v) is 12.3. The summed E-state index contributed by atoms with van der Waals surface area (Å²) in [7, 11) is 1.40. The number of aromatic hydroxyl groups is 2. The summed E-state index contributed by atoms with van der Waals surface area (Å²) in [4.78, 5) is 26.0. The normalized spacial score (nSPS) is 30.3. The predicted octanol–water partition coefficient (Wildman–Crippen LogP) is 1.21. The van der Waals surface area contributed by atoms with Crippen molar-refractivity contribution < 1.29 is 44.2 Å². The van der Waals surface area contributed by atoms with Crippen molar-refractivity contribution in [2.24, 2.45) is 5.73 Å². The fourth-order valence-electron chi connectivity index (χ4n) is 5.70. The smallest absolute Gasteiger partial charge is 0.198 e. The molecule has 2 aromatic rings. The molecule has 11 nitrogen and oxygen atoms in total. The number of methoxy groups -OCH3 is 1. The van der Waals surface area contributed by atoms with E-state index < -0.39 is 59.3 Å². The number of hydrogen-bond donors (Lipinski definition) is 6. The first kappa shape index (κ1) is 26.3. The molecule has 1 heterocycles. The lowest BCUT2D eigenvalue weighted by Crippen LogP contribution is -2.52. The van der Waals surface area contributed by atoms with Crippen LogP contribution in [0.4, 0.5) is 0 Å². The molecule has 38 heavy (non-hydrogen) atoms.